The second-order valence-electron chi connectivity index (χ2n) is 15.3. The van der Waals surface area contributed by atoms with Crippen LogP contribution in [0.4, 0.5) is 5.82 Å². The summed E-state index contributed by atoms with van der Waals surface area (Å²) < 4.78 is 0. The van der Waals surface area contributed by atoms with Gasteiger partial charge in [0.2, 0.25) is 0 Å². The molecule has 3 saturated carbocycles. The minimum absolute atomic E-state index is 0.0278. The quantitative estimate of drug-likeness (QED) is 0.178. The fourth-order valence-corrected chi connectivity index (χ4v) is 11.6. The van der Waals surface area contributed by atoms with Gasteiger partial charge in [-0.2, -0.15) is 0 Å². The number of benzene rings is 3. The third kappa shape index (κ3) is 4.85. The van der Waals surface area contributed by atoms with Gasteiger partial charge in [0.1, 0.15) is 5.82 Å². The van der Waals surface area contributed by atoms with Gasteiger partial charge in [0.15, 0.2) is 0 Å². The largest absolute Gasteiger partial charge is 0.349 e. The molecule has 4 fully saturated rings. The predicted octanol–water partition coefficient (Wildman–Crippen LogP) is 10.6. The SMILES string of the molecule is c1ccc(CCC2(Cc3ccccc3)N(c3ccccn3)CC(C3CCCC3)(C3CC3)C2(c2ccccc2)C2CCCCC2)cc1. The second kappa shape index (κ2) is 12.7. The van der Waals surface area contributed by atoms with Crippen LogP contribution in [0.15, 0.2) is 115 Å². The molecule has 0 bridgehead atoms. The average Bonchev–Trinajstić information content (AvgIpc) is 3.76. The van der Waals surface area contributed by atoms with Gasteiger partial charge in [0.05, 0.1) is 5.54 Å². The number of nitrogens with zero attached hydrogens (tertiary/aromatic N) is 2. The molecular formula is C44H52N2. The van der Waals surface area contributed by atoms with E-state index in [1.165, 1.54) is 87.6 Å². The number of aryl methyl sites for hydroxylation is 1. The molecule has 3 atom stereocenters. The molecule has 3 aliphatic carbocycles. The van der Waals surface area contributed by atoms with Crippen molar-refractivity contribution in [1.82, 2.24) is 4.98 Å². The van der Waals surface area contributed by atoms with Crippen molar-refractivity contribution in [1.29, 1.82) is 0 Å². The maximum Gasteiger partial charge on any atom is 0.128 e. The van der Waals surface area contributed by atoms with E-state index in [1.54, 1.807) is 5.56 Å². The standard InChI is InChI=1S/C44H52N2/c1-5-17-35(18-6-1)30-31-42(33-36-19-7-2-8-20-36)44(39-23-9-3-10-24-39,40-25-11-4-12-26-40)43(38-28-29-38,37-21-13-14-22-37)34-46(42)41-27-15-16-32-45-41/h1-3,5-10,15-20,23-24,27,32,37-38,40H,4,11-14,21-22,25-26,28-31,33-34H2. The summed E-state index contributed by atoms with van der Waals surface area (Å²) in [5.74, 6) is 3.42. The lowest BCUT2D eigenvalue weighted by molar-refractivity contribution is -0.0365. The fraction of sp³-hybridized carbons (Fsp3) is 0.477. The summed E-state index contributed by atoms with van der Waals surface area (Å²) in [6, 6.07) is 41.9. The number of hydrogen-bond acceptors (Lipinski definition) is 2. The summed E-state index contributed by atoms with van der Waals surface area (Å²) in [5.41, 5.74) is 4.73. The molecule has 0 radical (unpaired) electrons. The van der Waals surface area contributed by atoms with Gasteiger partial charge in [0.25, 0.3) is 0 Å². The van der Waals surface area contributed by atoms with Crippen molar-refractivity contribution in [2.24, 2.45) is 23.2 Å². The molecule has 3 aromatic carbocycles. The number of aromatic nitrogens is 1. The second-order valence-corrected chi connectivity index (χ2v) is 15.3. The van der Waals surface area contributed by atoms with Gasteiger partial charge >= 0.3 is 0 Å². The topological polar surface area (TPSA) is 16.1 Å². The predicted molar refractivity (Wildman–Crippen MR) is 191 cm³/mol. The van der Waals surface area contributed by atoms with Crippen molar-refractivity contribution >= 4 is 5.82 Å². The van der Waals surface area contributed by atoms with E-state index in [0.717, 1.165) is 37.6 Å². The van der Waals surface area contributed by atoms with Crippen LogP contribution in [0.2, 0.25) is 0 Å². The van der Waals surface area contributed by atoms with Crippen LogP contribution in [-0.4, -0.2) is 17.1 Å². The lowest BCUT2D eigenvalue weighted by Crippen LogP contribution is -2.66. The Morgan fingerprint density at radius 2 is 1.13 bits per heavy atom. The third-order valence-electron chi connectivity index (χ3n) is 13.2. The van der Waals surface area contributed by atoms with Crippen LogP contribution < -0.4 is 4.90 Å². The number of pyridine rings is 1. The Kier molecular flexibility index (Phi) is 8.25. The highest BCUT2D eigenvalue weighted by atomic mass is 15.3. The fourth-order valence-electron chi connectivity index (χ4n) is 11.6. The lowest BCUT2D eigenvalue weighted by atomic mass is 9.41. The molecule has 0 amide bonds. The van der Waals surface area contributed by atoms with Crippen LogP contribution in [0.25, 0.3) is 0 Å². The van der Waals surface area contributed by atoms with Gasteiger partial charge in [-0.05, 0) is 104 Å². The molecule has 0 spiro atoms. The van der Waals surface area contributed by atoms with Crippen molar-refractivity contribution in [3.8, 4) is 0 Å². The molecule has 1 aromatic heterocycles. The summed E-state index contributed by atoms with van der Waals surface area (Å²) in [4.78, 5) is 8.21. The van der Waals surface area contributed by atoms with E-state index in [0.29, 0.717) is 5.92 Å². The van der Waals surface area contributed by atoms with Crippen LogP contribution >= 0.6 is 0 Å². The first kappa shape index (κ1) is 30.0. The van der Waals surface area contributed by atoms with Crippen LogP contribution in [0.3, 0.4) is 0 Å². The highest BCUT2D eigenvalue weighted by Gasteiger charge is 2.77. The average molecular weight is 609 g/mol. The highest BCUT2D eigenvalue weighted by Crippen LogP contribution is 2.75. The van der Waals surface area contributed by atoms with E-state index in [1.807, 2.05) is 0 Å². The molecule has 1 aliphatic heterocycles. The van der Waals surface area contributed by atoms with Crippen molar-refractivity contribution in [2.75, 3.05) is 11.4 Å². The highest BCUT2D eigenvalue weighted by molar-refractivity contribution is 5.57. The zero-order chi connectivity index (χ0) is 30.9. The minimum Gasteiger partial charge on any atom is -0.349 e. The third-order valence-corrected chi connectivity index (χ3v) is 13.2. The van der Waals surface area contributed by atoms with E-state index in [9.17, 15) is 0 Å². The van der Waals surface area contributed by atoms with E-state index in [4.69, 9.17) is 4.98 Å². The normalized spacial score (nSPS) is 28.9. The lowest BCUT2D eigenvalue weighted by Gasteiger charge is -2.62. The molecule has 3 unspecified atom stereocenters. The van der Waals surface area contributed by atoms with Crippen LogP contribution in [0.1, 0.15) is 93.7 Å². The Morgan fingerprint density at radius 3 is 1.76 bits per heavy atom. The van der Waals surface area contributed by atoms with Crippen molar-refractivity contribution in [3.05, 3.63) is 132 Å². The molecular weight excluding hydrogens is 556 g/mol. The Balaban J connectivity index is 1.47. The van der Waals surface area contributed by atoms with Crippen molar-refractivity contribution in [3.63, 3.8) is 0 Å². The molecule has 2 heterocycles. The zero-order valence-corrected chi connectivity index (χ0v) is 27.7. The number of anilines is 1. The Hall–Kier alpha value is -3.39. The van der Waals surface area contributed by atoms with Crippen molar-refractivity contribution in [2.45, 2.75) is 101 Å². The van der Waals surface area contributed by atoms with Crippen LogP contribution in [0.5, 0.6) is 0 Å². The molecule has 8 rings (SSSR count). The summed E-state index contributed by atoms with van der Waals surface area (Å²) in [5, 5.41) is 0. The first-order valence-electron chi connectivity index (χ1n) is 18.6. The van der Waals surface area contributed by atoms with Crippen molar-refractivity contribution < 1.29 is 0 Å². The summed E-state index contributed by atoms with van der Waals surface area (Å²) in [6.07, 6.45) is 20.6. The van der Waals surface area contributed by atoms with E-state index < -0.39 is 0 Å². The number of hydrogen-bond donors (Lipinski definition) is 0. The Labute approximate surface area is 277 Å². The molecule has 1 saturated heterocycles. The Bertz CT molecular complexity index is 1540. The maximum absolute atomic E-state index is 5.25. The van der Waals surface area contributed by atoms with Gasteiger partial charge in [0, 0.05) is 23.6 Å². The smallest absolute Gasteiger partial charge is 0.128 e. The molecule has 2 heteroatoms. The van der Waals surface area contributed by atoms with Gasteiger partial charge in [-0.1, -0.05) is 129 Å². The van der Waals surface area contributed by atoms with Crippen LogP contribution in [0, 0.1) is 23.2 Å². The zero-order valence-electron chi connectivity index (χ0n) is 27.7. The summed E-state index contributed by atoms with van der Waals surface area (Å²) in [7, 11) is 0. The minimum atomic E-state index is -0.118. The molecule has 4 aliphatic rings. The summed E-state index contributed by atoms with van der Waals surface area (Å²) in [6.45, 7) is 1.15. The van der Waals surface area contributed by atoms with E-state index in [2.05, 4.69) is 120 Å². The van der Waals surface area contributed by atoms with Gasteiger partial charge < -0.3 is 4.90 Å². The summed E-state index contributed by atoms with van der Waals surface area (Å²) >= 11 is 0. The molecule has 238 valence electrons. The van der Waals surface area contributed by atoms with Gasteiger partial charge in [-0.15, -0.1) is 0 Å². The van der Waals surface area contributed by atoms with E-state index in [-0.39, 0.29) is 16.4 Å². The van der Waals surface area contributed by atoms with Gasteiger partial charge in [-0.3, -0.25) is 0 Å². The molecule has 2 nitrogen and oxygen atoms in total. The monoisotopic (exact) mass is 608 g/mol. The van der Waals surface area contributed by atoms with Crippen LogP contribution in [-0.2, 0) is 18.3 Å². The Morgan fingerprint density at radius 1 is 0.565 bits per heavy atom. The van der Waals surface area contributed by atoms with E-state index >= 15 is 0 Å². The van der Waals surface area contributed by atoms with Gasteiger partial charge in [-0.25, -0.2) is 4.98 Å². The number of rotatable bonds is 10. The first-order chi connectivity index (χ1) is 22.8. The molecule has 4 aromatic rings. The molecule has 46 heavy (non-hydrogen) atoms. The molecule has 0 N–H and O–H groups in total. The first-order valence-corrected chi connectivity index (χ1v) is 18.6. The maximum atomic E-state index is 5.25.